The molecule has 3 N–H and O–H groups in total. The number of nitro benzene ring substituents is 1. The largest absolute Gasteiger partial charge is 0.325 e. The summed E-state index contributed by atoms with van der Waals surface area (Å²) in [5.41, 5.74) is 5.69. The number of hydrogen-bond donors (Lipinski definition) is 2. The van der Waals surface area contributed by atoms with E-state index in [0.717, 1.165) is 12.1 Å². The fourth-order valence-corrected chi connectivity index (χ4v) is 1.66. The number of carbonyl (C=O) groups is 1. The first-order valence-corrected chi connectivity index (χ1v) is 5.91. The molecule has 108 valence electrons. The topological polar surface area (TPSA) is 111 Å². The van der Waals surface area contributed by atoms with Crippen molar-refractivity contribution in [2.75, 3.05) is 5.32 Å². The molecule has 0 saturated heterocycles. The van der Waals surface area contributed by atoms with Crippen LogP contribution >= 0.6 is 0 Å². The summed E-state index contributed by atoms with van der Waals surface area (Å²) in [7, 11) is 0. The summed E-state index contributed by atoms with van der Waals surface area (Å²) in [6.07, 6.45) is 1.43. The Morgan fingerprint density at radius 1 is 1.38 bits per heavy atom. The molecule has 21 heavy (non-hydrogen) atoms. The van der Waals surface area contributed by atoms with Crippen molar-refractivity contribution in [1.29, 1.82) is 0 Å². The van der Waals surface area contributed by atoms with E-state index in [1.807, 2.05) is 0 Å². The number of benzene rings is 1. The van der Waals surface area contributed by atoms with Gasteiger partial charge >= 0.3 is 5.69 Å². The summed E-state index contributed by atoms with van der Waals surface area (Å²) in [6.45, 7) is 0.184. The number of anilines is 1. The number of nitrogens with zero attached hydrogens (tertiary/aromatic N) is 2. The summed E-state index contributed by atoms with van der Waals surface area (Å²) in [5.74, 6) is -1.46. The Kier molecular flexibility index (Phi) is 4.19. The maximum absolute atomic E-state index is 13.2. The van der Waals surface area contributed by atoms with E-state index < -0.39 is 22.3 Å². The van der Waals surface area contributed by atoms with Crippen molar-refractivity contribution in [3.05, 3.63) is 63.7 Å². The quantitative estimate of drug-likeness (QED) is 0.659. The molecule has 1 aromatic heterocycles. The van der Waals surface area contributed by atoms with Gasteiger partial charge in [0.1, 0.15) is 0 Å². The number of nitrogens with two attached hydrogens (primary N) is 1. The zero-order valence-corrected chi connectivity index (χ0v) is 10.7. The third-order valence-corrected chi connectivity index (χ3v) is 2.69. The Morgan fingerprint density at radius 2 is 2.14 bits per heavy atom. The van der Waals surface area contributed by atoms with Crippen LogP contribution in [0.15, 0.2) is 36.5 Å². The second-order valence-corrected chi connectivity index (χ2v) is 4.12. The summed E-state index contributed by atoms with van der Waals surface area (Å²) in [5, 5.41) is 13.1. The van der Waals surface area contributed by atoms with Gasteiger partial charge in [-0.1, -0.05) is 0 Å². The second-order valence-electron chi connectivity index (χ2n) is 4.12. The molecule has 1 amide bonds. The number of pyridine rings is 1. The normalized spacial score (nSPS) is 10.2. The van der Waals surface area contributed by atoms with Crippen molar-refractivity contribution in [2.45, 2.75) is 6.54 Å². The fraction of sp³-hybridized carbons (Fsp3) is 0.0769. The van der Waals surface area contributed by atoms with Crippen molar-refractivity contribution in [1.82, 2.24) is 4.98 Å². The van der Waals surface area contributed by atoms with Crippen LogP contribution in [0, 0.1) is 15.9 Å². The van der Waals surface area contributed by atoms with Gasteiger partial charge in [0.15, 0.2) is 0 Å². The fourth-order valence-electron chi connectivity index (χ4n) is 1.66. The van der Waals surface area contributed by atoms with Crippen LogP contribution in [0.2, 0.25) is 0 Å². The van der Waals surface area contributed by atoms with Crippen LogP contribution < -0.4 is 11.1 Å². The van der Waals surface area contributed by atoms with Gasteiger partial charge in [-0.15, -0.1) is 0 Å². The van der Waals surface area contributed by atoms with Crippen LogP contribution in [0.25, 0.3) is 0 Å². The summed E-state index contributed by atoms with van der Waals surface area (Å²) < 4.78 is 13.2. The van der Waals surface area contributed by atoms with Gasteiger partial charge in [-0.25, -0.2) is 0 Å². The molecule has 1 aromatic carbocycles. The number of carbonyl (C=O) groups excluding carboxylic acids is 1. The monoisotopic (exact) mass is 290 g/mol. The molecule has 0 aliphatic heterocycles. The van der Waals surface area contributed by atoms with Gasteiger partial charge in [-0.3, -0.25) is 19.9 Å². The first-order chi connectivity index (χ1) is 10.0. The third kappa shape index (κ3) is 3.37. The van der Waals surface area contributed by atoms with E-state index in [-0.39, 0.29) is 12.2 Å². The predicted molar refractivity (Wildman–Crippen MR) is 73.1 cm³/mol. The SMILES string of the molecule is NCc1cc(C(=O)Nc2ccc(F)c([N+](=O)[O-])c2)ccn1. The van der Waals surface area contributed by atoms with Crippen molar-refractivity contribution in [2.24, 2.45) is 5.73 Å². The van der Waals surface area contributed by atoms with Crippen molar-refractivity contribution >= 4 is 17.3 Å². The number of halogens is 1. The minimum atomic E-state index is -0.965. The van der Waals surface area contributed by atoms with Crippen LogP contribution in [-0.4, -0.2) is 15.8 Å². The van der Waals surface area contributed by atoms with Crippen LogP contribution in [0.1, 0.15) is 16.1 Å². The number of aromatic nitrogens is 1. The summed E-state index contributed by atoms with van der Waals surface area (Å²) in [6, 6.07) is 6.11. The molecule has 0 aliphatic rings. The van der Waals surface area contributed by atoms with Crippen LogP contribution in [0.3, 0.4) is 0 Å². The molecule has 2 aromatic rings. The first kappa shape index (κ1) is 14.5. The molecule has 8 heteroatoms. The highest BCUT2D eigenvalue weighted by Gasteiger charge is 2.15. The van der Waals surface area contributed by atoms with E-state index >= 15 is 0 Å². The highest BCUT2D eigenvalue weighted by molar-refractivity contribution is 6.04. The van der Waals surface area contributed by atoms with Crippen molar-refractivity contribution < 1.29 is 14.1 Å². The number of rotatable bonds is 4. The maximum Gasteiger partial charge on any atom is 0.306 e. The molecule has 0 spiro atoms. The number of nitro groups is 1. The van der Waals surface area contributed by atoms with Crippen LogP contribution in [-0.2, 0) is 6.54 Å². The van der Waals surface area contributed by atoms with Gasteiger partial charge in [0, 0.05) is 30.1 Å². The van der Waals surface area contributed by atoms with E-state index in [2.05, 4.69) is 10.3 Å². The average Bonchev–Trinajstić information content (AvgIpc) is 2.49. The van der Waals surface area contributed by atoms with Gasteiger partial charge in [0.2, 0.25) is 5.82 Å². The van der Waals surface area contributed by atoms with Gasteiger partial charge < -0.3 is 11.1 Å². The van der Waals surface area contributed by atoms with Gasteiger partial charge in [-0.2, -0.15) is 4.39 Å². The zero-order chi connectivity index (χ0) is 15.4. The standard InChI is InChI=1S/C13H11FN4O3/c14-11-2-1-9(6-12(11)18(20)21)17-13(19)8-3-4-16-10(5-8)7-15/h1-6H,7,15H2,(H,17,19). The molecule has 0 atom stereocenters. The Morgan fingerprint density at radius 3 is 2.81 bits per heavy atom. The number of nitrogens with one attached hydrogen (secondary N) is 1. The maximum atomic E-state index is 13.2. The number of amides is 1. The Balaban J connectivity index is 2.23. The van der Waals surface area contributed by atoms with Crippen molar-refractivity contribution in [3.63, 3.8) is 0 Å². The van der Waals surface area contributed by atoms with Gasteiger partial charge in [0.05, 0.1) is 10.6 Å². The molecule has 0 saturated carbocycles. The Bertz CT molecular complexity index is 706. The van der Waals surface area contributed by atoms with Gasteiger partial charge in [-0.05, 0) is 24.3 Å². The molecule has 7 nitrogen and oxygen atoms in total. The molecule has 1 heterocycles. The molecule has 0 bridgehead atoms. The van der Waals surface area contributed by atoms with E-state index in [1.54, 1.807) is 0 Å². The predicted octanol–water partition coefficient (Wildman–Crippen LogP) is 1.84. The molecule has 0 unspecified atom stereocenters. The molecule has 0 fully saturated rings. The van der Waals surface area contributed by atoms with Gasteiger partial charge in [0.25, 0.3) is 5.91 Å². The van der Waals surface area contributed by atoms with Crippen LogP contribution in [0.5, 0.6) is 0 Å². The summed E-state index contributed by atoms with van der Waals surface area (Å²) >= 11 is 0. The van der Waals surface area contributed by atoms with Crippen molar-refractivity contribution in [3.8, 4) is 0 Å². The second kappa shape index (κ2) is 6.06. The summed E-state index contributed by atoms with van der Waals surface area (Å²) in [4.78, 5) is 25.7. The molecule has 0 aliphatic carbocycles. The van der Waals surface area contributed by atoms with Crippen LogP contribution in [0.4, 0.5) is 15.8 Å². The van der Waals surface area contributed by atoms with E-state index in [0.29, 0.717) is 11.3 Å². The van der Waals surface area contributed by atoms with E-state index in [4.69, 9.17) is 5.73 Å². The molecule has 0 radical (unpaired) electrons. The lowest BCUT2D eigenvalue weighted by Crippen LogP contribution is -2.13. The third-order valence-electron chi connectivity index (χ3n) is 2.69. The Hall–Kier alpha value is -2.87. The smallest absolute Gasteiger partial charge is 0.306 e. The van der Waals surface area contributed by atoms with E-state index in [1.165, 1.54) is 24.4 Å². The Labute approximate surface area is 118 Å². The molecular formula is C13H11FN4O3. The lowest BCUT2D eigenvalue weighted by atomic mass is 10.2. The molecular weight excluding hydrogens is 279 g/mol. The average molecular weight is 290 g/mol. The minimum absolute atomic E-state index is 0.124. The minimum Gasteiger partial charge on any atom is -0.325 e. The lowest BCUT2D eigenvalue weighted by molar-refractivity contribution is -0.387. The lowest BCUT2D eigenvalue weighted by Gasteiger charge is -2.06. The first-order valence-electron chi connectivity index (χ1n) is 5.91. The molecule has 2 rings (SSSR count). The van der Waals surface area contributed by atoms with E-state index in [9.17, 15) is 19.3 Å². The zero-order valence-electron chi connectivity index (χ0n) is 10.7. The highest BCUT2D eigenvalue weighted by atomic mass is 19.1. The number of hydrogen-bond acceptors (Lipinski definition) is 5. The highest BCUT2D eigenvalue weighted by Crippen LogP contribution is 2.22.